The van der Waals surface area contributed by atoms with Crippen LogP contribution in [0.2, 0.25) is 0 Å². The molecular weight excluding hydrogens is 524 g/mol. The van der Waals surface area contributed by atoms with Crippen LogP contribution in [0.3, 0.4) is 0 Å². The van der Waals surface area contributed by atoms with Gasteiger partial charge in [-0.2, -0.15) is 15.2 Å². The zero-order valence-electron chi connectivity index (χ0n) is 22.6. The Labute approximate surface area is 234 Å². The molecule has 0 atom stereocenters. The first-order valence-corrected chi connectivity index (χ1v) is 13.4. The molecule has 0 bridgehead atoms. The first-order valence-electron chi connectivity index (χ1n) is 13.4. The summed E-state index contributed by atoms with van der Waals surface area (Å²) in [6, 6.07) is 7.99. The summed E-state index contributed by atoms with van der Waals surface area (Å²) >= 11 is 0. The van der Waals surface area contributed by atoms with Gasteiger partial charge in [-0.25, -0.2) is 4.98 Å². The lowest BCUT2D eigenvalue weighted by Gasteiger charge is -2.32. The van der Waals surface area contributed by atoms with Crippen molar-refractivity contribution in [1.29, 1.82) is 0 Å². The maximum Gasteiger partial charge on any atom is 0.261 e. The molecule has 0 radical (unpaired) electrons. The number of aryl methyl sites for hydroxylation is 1. The number of H-pyrrole nitrogens is 1. The molecule has 2 aliphatic rings. The van der Waals surface area contributed by atoms with Crippen LogP contribution in [-0.2, 0) is 18.3 Å². The number of nitrogens with one attached hydrogen (secondary N) is 3. The summed E-state index contributed by atoms with van der Waals surface area (Å²) in [5.41, 5.74) is 5.45. The molecule has 4 aromatic heterocycles. The summed E-state index contributed by atoms with van der Waals surface area (Å²) in [4.78, 5) is 39.6. The summed E-state index contributed by atoms with van der Waals surface area (Å²) in [5.74, 6) is -0.0550. The molecule has 0 aliphatic carbocycles. The number of fused-ring (bicyclic) bond motifs is 4. The fourth-order valence-electron chi connectivity index (χ4n) is 5.67. The lowest BCUT2D eigenvalue weighted by molar-refractivity contribution is 0.0654. The summed E-state index contributed by atoms with van der Waals surface area (Å²) in [6.45, 7) is 2.17. The van der Waals surface area contributed by atoms with Gasteiger partial charge >= 0.3 is 0 Å². The average Bonchev–Trinajstić information content (AvgIpc) is 3.60. The van der Waals surface area contributed by atoms with Gasteiger partial charge in [0, 0.05) is 50.8 Å². The van der Waals surface area contributed by atoms with Crippen LogP contribution < -0.4 is 21.1 Å². The van der Waals surface area contributed by atoms with Crippen molar-refractivity contribution in [3.8, 4) is 11.1 Å². The third-order valence-corrected chi connectivity index (χ3v) is 7.60. The van der Waals surface area contributed by atoms with Gasteiger partial charge in [0.1, 0.15) is 11.2 Å². The molecule has 0 unspecified atom stereocenters. The summed E-state index contributed by atoms with van der Waals surface area (Å²) < 4.78 is 9.26. The number of carbonyl (C=O) groups is 1. The third kappa shape index (κ3) is 4.39. The predicted octanol–water partition coefficient (Wildman–Crippen LogP) is 3.21. The molecule has 1 amide bonds. The Morgan fingerprint density at radius 2 is 1.93 bits per heavy atom. The smallest absolute Gasteiger partial charge is 0.261 e. The number of ether oxygens (including phenoxy) is 1. The largest absolute Gasteiger partial charge is 0.381 e. The van der Waals surface area contributed by atoms with Crippen molar-refractivity contribution in [2.75, 3.05) is 35.8 Å². The van der Waals surface area contributed by atoms with Gasteiger partial charge in [-0.1, -0.05) is 12.1 Å². The van der Waals surface area contributed by atoms with Gasteiger partial charge in [0.05, 0.1) is 53.1 Å². The van der Waals surface area contributed by atoms with Gasteiger partial charge in [0.2, 0.25) is 5.95 Å². The predicted molar refractivity (Wildman–Crippen MR) is 153 cm³/mol. The number of para-hydroxylation sites is 1. The Morgan fingerprint density at radius 3 is 2.73 bits per heavy atom. The molecule has 1 aromatic carbocycles. The second kappa shape index (κ2) is 9.86. The minimum Gasteiger partial charge on any atom is -0.381 e. The second-order valence-corrected chi connectivity index (χ2v) is 10.3. The van der Waals surface area contributed by atoms with Crippen molar-refractivity contribution in [2.45, 2.75) is 25.4 Å². The van der Waals surface area contributed by atoms with Gasteiger partial charge < -0.3 is 19.9 Å². The van der Waals surface area contributed by atoms with Crippen molar-refractivity contribution in [2.24, 2.45) is 7.05 Å². The standard InChI is InChI=1S/C28H28N10O3/c1-36-15-22-19(13-31-38(22)17-7-10-41-11-8-17)18-4-3-5-21(24(18)36)32-25-23-20(6-9-29-27(23)40)33-28(34-25)35-26(39)16-12-30-37(2)14-16/h3-6,9,12-14,17H,7-8,10-11,15H2,1-2H3,(H,29,40)(H2,32,33,34,35,39). The number of nitrogens with zero attached hydrogens (tertiary/aromatic N) is 7. The van der Waals surface area contributed by atoms with Crippen LogP contribution in [0.15, 0.2) is 53.8 Å². The van der Waals surface area contributed by atoms with Crippen LogP contribution in [0.4, 0.5) is 23.1 Å². The maximum atomic E-state index is 12.9. The van der Waals surface area contributed by atoms with E-state index in [2.05, 4.69) is 46.3 Å². The normalized spacial score (nSPS) is 15.0. The highest BCUT2D eigenvalue weighted by atomic mass is 16.5. The lowest BCUT2D eigenvalue weighted by Crippen LogP contribution is -2.28. The molecular formula is C28H28N10O3. The highest BCUT2D eigenvalue weighted by molar-refractivity contribution is 6.04. The van der Waals surface area contributed by atoms with E-state index in [0.717, 1.165) is 48.6 Å². The lowest BCUT2D eigenvalue weighted by atomic mass is 9.97. The molecule has 0 spiro atoms. The summed E-state index contributed by atoms with van der Waals surface area (Å²) in [5, 5.41) is 15.2. The molecule has 1 saturated heterocycles. The van der Waals surface area contributed by atoms with Crippen LogP contribution in [0.1, 0.15) is 34.9 Å². The Balaban J connectivity index is 1.28. The van der Waals surface area contributed by atoms with Crippen LogP contribution in [0, 0.1) is 0 Å². The Bertz CT molecular complexity index is 1850. The molecule has 7 rings (SSSR count). The van der Waals surface area contributed by atoms with Gasteiger partial charge in [-0.3, -0.25) is 24.3 Å². The van der Waals surface area contributed by atoms with Crippen molar-refractivity contribution in [1.82, 2.24) is 34.5 Å². The molecule has 3 N–H and O–H groups in total. The fourth-order valence-corrected chi connectivity index (χ4v) is 5.67. The van der Waals surface area contributed by atoms with E-state index < -0.39 is 5.91 Å². The van der Waals surface area contributed by atoms with Crippen LogP contribution >= 0.6 is 0 Å². The molecule has 0 saturated carbocycles. The second-order valence-electron chi connectivity index (χ2n) is 10.3. The Kier molecular flexibility index (Phi) is 6.00. The molecule has 13 nitrogen and oxygen atoms in total. The average molecular weight is 553 g/mol. The fraction of sp³-hybridized carbons (Fsp3) is 0.286. The van der Waals surface area contributed by atoms with E-state index in [-0.39, 0.29) is 22.7 Å². The maximum absolute atomic E-state index is 12.9. The van der Waals surface area contributed by atoms with Gasteiger partial charge in [-0.15, -0.1) is 0 Å². The monoisotopic (exact) mass is 552 g/mol. The number of rotatable bonds is 5. The number of hydrogen-bond acceptors (Lipinski definition) is 9. The van der Waals surface area contributed by atoms with E-state index in [9.17, 15) is 9.59 Å². The van der Waals surface area contributed by atoms with E-state index in [1.54, 1.807) is 19.3 Å². The number of amides is 1. The highest BCUT2D eigenvalue weighted by Gasteiger charge is 2.29. The topological polar surface area (TPSA) is 148 Å². The van der Waals surface area contributed by atoms with E-state index in [4.69, 9.17) is 9.84 Å². The molecule has 6 heterocycles. The third-order valence-electron chi connectivity index (χ3n) is 7.60. The molecule has 13 heteroatoms. The van der Waals surface area contributed by atoms with E-state index in [0.29, 0.717) is 23.7 Å². The number of hydrogen-bond donors (Lipinski definition) is 3. The van der Waals surface area contributed by atoms with E-state index in [1.165, 1.54) is 22.8 Å². The quantitative estimate of drug-likeness (QED) is 0.299. The number of benzene rings is 1. The van der Waals surface area contributed by atoms with Crippen molar-refractivity contribution < 1.29 is 9.53 Å². The first-order chi connectivity index (χ1) is 20.0. The summed E-state index contributed by atoms with van der Waals surface area (Å²) in [6.07, 6.45) is 8.42. The van der Waals surface area contributed by atoms with Crippen molar-refractivity contribution in [3.05, 3.63) is 70.7 Å². The van der Waals surface area contributed by atoms with Crippen molar-refractivity contribution in [3.63, 3.8) is 0 Å². The highest BCUT2D eigenvalue weighted by Crippen LogP contribution is 2.44. The van der Waals surface area contributed by atoms with Gasteiger partial charge in [0.25, 0.3) is 11.5 Å². The van der Waals surface area contributed by atoms with Crippen LogP contribution in [-0.4, -0.2) is 60.7 Å². The number of aromatic amines is 1. The van der Waals surface area contributed by atoms with Gasteiger partial charge in [-0.05, 0) is 25.0 Å². The van der Waals surface area contributed by atoms with E-state index >= 15 is 0 Å². The molecule has 5 aromatic rings. The van der Waals surface area contributed by atoms with Gasteiger partial charge in [0.15, 0.2) is 0 Å². The van der Waals surface area contributed by atoms with Crippen LogP contribution in [0.5, 0.6) is 0 Å². The minimum atomic E-state index is -0.404. The molecule has 208 valence electrons. The molecule has 1 fully saturated rings. The number of aromatic nitrogens is 7. The first kappa shape index (κ1) is 25.0. The van der Waals surface area contributed by atoms with Crippen molar-refractivity contribution >= 4 is 40.0 Å². The minimum absolute atomic E-state index is 0.0673. The zero-order valence-corrected chi connectivity index (χ0v) is 22.6. The summed E-state index contributed by atoms with van der Waals surface area (Å²) in [7, 11) is 3.77. The van der Waals surface area contributed by atoms with E-state index in [1.807, 2.05) is 25.4 Å². The Morgan fingerprint density at radius 1 is 1.07 bits per heavy atom. The number of carbonyl (C=O) groups excluding carboxylic acids is 1. The Hall–Kier alpha value is -5.04. The number of anilines is 4. The number of pyridine rings is 1. The molecule has 2 aliphatic heterocycles. The SMILES string of the molecule is CN1Cc2c(cnn2C2CCOCC2)-c2cccc(Nc3nc(NC(=O)c4cnn(C)c4)nc4cc[nH]c(=O)c34)c21. The molecule has 41 heavy (non-hydrogen) atoms. The van der Waals surface area contributed by atoms with Crippen LogP contribution in [0.25, 0.3) is 22.0 Å². The zero-order chi connectivity index (χ0) is 28.1.